The van der Waals surface area contributed by atoms with Crippen LogP contribution in [0.15, 0.2) is 18.5 Å². The summed E-state index contributed by atoms with van der Waals surface area (Å²) in [6.07, 6.45) is 5.02. The Labute approximate surface area is 133 Å². The van der Waals surface area contributed by atoms with E-state index in [0.717, 1.165) is 25.9 Å². The van der Waals surface area contributed by atoms with Gasteiger partial charge in [-0.3, -0.25) is 14.8 Å². The SMILES string of the molecule is CC1CCN(c2ncc([N+](=O)[O-])c(Nc3ccnn3C)n2)CC1. The van der Waals surface area contributed by atoms with Crippen LogP contribution in [0.2, 0.25) is 0 Å². The van der Waals surface area contributed by atoms with Crippen LogP contribution in [0, 0.1) is 16.0 Å². The van der Waals surface area contributed by atoms with Gasteiger partial charge < -0.3 is 10.2 Å². The molecule has 0 amide bonds. The van der Waals surface area contributed by atoms with Crippen LogP contribution in [-0.2, 0) is 7.05 Å². The van der Waals surface area contributed by atoms with Crippen LogP contribution in [0.1, 0.15) is 19.8 Å². The number of nitrogens with one attached hydrogen (secondary N) is 1. The number of piperidine rings is 1. The van der Waals surface area contributed by atoms with E-state index < -0.39 is 4.92 Å². The summed E-state index contributed by atoms with van der Waals surface area (Å²) in [4.78, 5) is 21.3. The summed E-state index contributed by atoms with van der Waals surface area (Å²) in [7, 11) is 1.75. The Hall–Kier alpha value is -2.71. The Kier molecular flexibility index (Phi) is 4.09. The second-order valence-corrected chi connectivity index (χ2v) is 5.80. The molecular formula is C14H19N7O2. The molecule has 2 aromatic rings. The average Bonchev–Trinajstić information content (AvgIpc) is 2.93. The summed E-state index contributed by atoms with van der Waals surface area (Å²) < 4.78 is 1.59. The van der Waals surface area contributed by atoms with Gasteiger partial charge in [-0.25, -0.2) is 4.98 Å². The molecule has 1 aliphatic rings. The van der Waals surface area contributed by atoms with E-state index in [-0.39, 0.29) is 11.5 Å². The molecule has 0 radical (unpaired) electrons. The fourth-order valence-electron chi connectivity index (χ4n) is 2.57. The molecule has 0 bridgehead atoms. The molecule has 9 heteroatoms. The van der Waals surface area contributed by atoms with Crippen LogP contribution < -0.4 is 10.2 Å². The van der Waals surface area contributed by atoms with Gasteiger partial charge in [0.15, 0.2) is 0 Å². The summed E-state index contributed by atoms with van der Waals surface area (Å²) in [6.45, 7) is 3.96. The van der Waals surface area contributed by atoms with E-state index in [9.17, 15) is 10.1 Å². The highest BCUT2D eigenvalue weighted by atomic mass is 16.6. The van der Waals surface area contributed by atoms with E-state index in [2.05, 4.69) is 32.2 Å². The van der Waals surface area contributed by atoms with Crippen molar-refractivity contribution < 1.29 is 4.92 Å². The van der Waals surface area contributed by atoms with Gasteiger partial charge in [-0.1, -0.05) is 6.92 Å². The van der Waals surface area contributed by atoms with Gasteiger partial charge in [-0.15, -0.1) is 0 Å². The molecule has 1 fully saturated rings. The summed E-state index contributed by atoms with van der Waals surface area (Å²) >= 11 is 0. The van der Waals surface area contributed by atoms with E-state index in [1.54, 1.807) is 24.0 Å². The minimum Gasteiger partial charge on any atom is -0.341 e. The third-order valence-corrected chi connectivity index (χ3v) is 4.09. The van der Waals surface area contributed by atoms with Gasteiger partial charge in [-0.05, 0) is 18.8 Å². The fraction of sp³-hybridized carbons (Fsp3) is 0.500. The van der Waals surface area contributed by atoms with Crippen molar-refractivity contribution in [1.29, 1.82) is 0 Å². The Morgan fingerprint density at radius 2 is 2.13 bits per heavy atom. The predicted molar refractivity (Wildman–Crippen MR) is 85.8 cm³/mol. The van der Waals surface area contributed by atoms with E-state index in [1.807, 2.05) is 0 Å². The lowest BCUT2D eigenvalue weighted by Gasteiger charge is -2.30. The van der Waals surface area contributed by atoms with Crippen LogP contribution in [-0.4, -0.2) is 37.8 Å². The minimum atomic E-state index is -0.485. The van der Waals surface area contributed by atoms with Crippen molar-refractivity contribution in [2.75, 3.05) is 23.3 Å². The largest absolute Gasteiger partial charge is 0.341 e. The smallest absolute Gasteiger partial charge is 0.330 e. The molecule has 1 N–H and O–H groups in total. The van der Waals surface area contributed by atoms with E-state index in [1.165, 1.54) is 6.20 Å². The minimum absolute atomic E-state index is 0.152. The normalized spacial score (nSPS) is 15.7. The lowest BCUT2D eigenvalue weighted by molar-refractivity contribution is -0.384. The third kappa shape index (κ3) is 3.22. The summed E-state index contributed by atoms with van der Waals surface area (Å²) in [5.74, 6) is 2.02. The van der Waals surface area contributed by atoms with Crippen molar-refractivity contribution in [3.05, 3.63) is 28.6 Å². The molecule has 9 nitrogen and oxygen atoms in total. The number of nitro groups is 1. The summed E-state index contributed by atoms with van der Waals surface area (Å²) in [5.41, 5.74) is -0.152. The second kappa shape index (κ2) is 6.19. The van der Waals surface area contributed by atoms with Crippen LogP contribution in [0.5, 0.6) is 0 Å². The number of aryl methyl sites for hydroxylation is 1. The third-order valence-electron chi connectivity index (χ3n) is 4.09. The quantitative estimate of drug-likeness (QED) is 0.680. The van der Waals surface area contributed by atoms with Gasteiger partial charge in [-0.2, -0.15) is 10.1 Å². The molecule has 0 aliphatic carbocycles. The lowest BCUT2D eigenvalue weighted by atomic mass is 10.00. The number of anilines is 3. The van der Waals surface area contributed by atoms with Crippen LogP contribution in [0.4, 0.5) is 23.3 Å². The van der Waals surface area contributed by atoms with Crippen molar-refractivity contribution in [3.63, 3.8) is 0 Å². The van der Waals surface area contributed by atoms with Gasteiger partial charge >= 0.3 is 5.69 Å². The Morgan fingerprint density at radius 1 is 1.39 bits per heavy atom. The first-order chi connectivity index (χ1) is 11.0. The van der Waals surface area contributed by atoms with Gasteiger partial charge in [0.05, 0.1) is 11.1 Å². The Balaban J connectivity index is 1.90. The van der Waals surface area contributed by atoms with Crippen LogP contribution in [0.25, 0.3) is 0 Å². The van der Waals surface area contributed by atoms with Gasteiger partial charge in [0.25, 0.3) is 0 Å². The molecule has 122 valence electrons. The van der Waals surface area contributed by atoms with Gasteiger partial charge in [0.1, 0.15) is 12.0 Å². The zero-order valence-corrected chi connectivity index (χ0v) is 13.1. The van der Waals surface area contributed by atoms with Crippen LogP contribution in [0.3, 0.4) is 0 Å². The molecule has 0 atom stereocenters. The van der Waals surface area contributed by atoms with Gasteiger partial charge in [0, 0.05) is 26.2 Å². The number of aromatic nitrogens is 4. The van der Waals surface area contributed by atoms with Crippen molar-refractivity contribution in [1.82, 2.24) is 19.7 Å². The maximum Gasteiger partial charge on any atom is 0.330 e. The summed E-state index contributed by atoms with van der Waals surface area (Å²) in [5, 5.41) is 18.2. The zero-order chi connectivity index (χ0) is 16.4. The molecule has 23 heavy (non-hydrogen) atoms. The van der Waals surface area contributed by atoms with Gasteiger partial charge in [0.2, 0.25) is 11.8 Å². The molecule has 0 spiro atoms. The topological polar surface area (TPSA) is 102 Å². The van der Waals surface area contributed by atoms with Crippen molar-refractivity contribution in [2.24, 2.45) is 13.0 Å². The first-order valence-corrected chi connectivity index (χ1v) is 7.56. The molecule has 3 rings (SSSR count). The Bertz CT molecular complexity index is 707. The maximum absolute atomic E-state index is 11.2. The fourth-order valence-corrected chi connectivity index (χ4v) is 2.57. The zero-order valence-electron chi connectivity index (χ0n) is 13.1. The first kappa shape index (κ1) is 15.2. The highest BCUT2D eigenvalue weighted by Crippen LogP contribution is 2.28. The first-order valence-electron chi connectivity index (χ1n) is 7.56. The van der Waals surface area contributed by atoms with E-state index >= 15 is 0 Å². The maximum atomic E-state index is 11.2. The van der Waals surface area contributed by atoms with Crippen molar-refractivity contribution in [2.45, 2.75) is 19.8 Å². The van der Waals surface area contributed by atoms with E-state index in [0.29, 0.717) is 17.7 Å². The molecule has 1 saturated heterocycles. The molecule has 1 aliphatic heterocycles. The Morgan fingerprint density at radius 3 is 2.74 bits per heavy atom. The molecule has 0 saturated carbocycles. The van der Waals surface area contributed by atoms with E-state index in [4.69, 9.17) is 0 Å². The lowest BCUT2D eigenvalue weighted by Crippen LogP contribution is -2.34. The average molecular weight is 317 g/mol. The number of hydrogen-bond acceptors (Lipinski definition) is 7. The molecular weight excluding hydrogens is 298 g/mol. The number of nitrogens with zero attached hydrogens (tertiary/aromatic N) is 6. The van der Waals surface area contributed by atoms with Crippen molar-refractivity contribution >= 4 is 23.3 Å². The van der Waals surface area contributed by atoms with Crippen LogP contribution >= 0.6 is 0 Å². The molecule has 0 unspecified atom stereocenters. The molecule has 3 heterocycles. The second-order valence-electron chi connectivity index (χ2n) is 5.80. The molecule has 0 aromatic carbocycles. The summed E-state index contributed by atoms with van der Waals surface area (Å²) in [6, 6.07) is 1.73. The van der Waals surface area contributed by atoms with Crippen molar-refractivity contribution in [3.8, 4) is 0 Å². The predicted octanol–water partition coefficient (Wildman–Crippen LogP) is 2.10. The monoisotopic (exact) mass is 317 g/mol. The number of rotatable bonds is 4. The highest BCUT2D eigenvalue weighted by molar-refractivity contribution is 5.64. The molecule has 2 aromatic heterocycles. The standard InChI is InChI=1S/C14H19N7O2/c1-10-4-7-20(8-5-10)14-15-9-11(21(22)23)13(18-14)17-12-3-6-16-19(12)2/h3,6,9-10H,4-5,7-8H2,1-2H3,(H,15,17,18). The number of hydrogen-bond donors (Lipinski definition) is 1. The highest BCUT2D eigenvalue weighted by Gasteiger charge is 2.23.